The monoisotopic (exact) mass is 536 g/mol. The Labute approximate surface area is 207 Å². The molecule has 3 aromatic carbocycles. The van der Waals surface area contributed by atoms with E-state index in [9.17, 15) is 4.79 Å². The average Bonchev–Trinajstić information content (AvgIpc) is 3.27. The maximum absolute atomic E-state index is 14.3. The first kappa shape index (κ1) is 22.3. The van der Waals surface area contributed by atoms with Gasteiger partial charge in [0.25, 0.3) is 0 Å². The third-order valence-electron chi connectivity index (χ3n) is 6.58. The number of pyridine rings is 1. The third-order valence-corrected chi connectivity index (χ3v) is 17.6. The van der Waals surface area contributed by atoms with Gasteiger partial charge in [0.1, 0.15) is 0 Å². The van der Waals surface area contributed by atoms with Crippen LogP contribution in [-0.4, -0.2) is 23.1 Å². The Kier molecular flexibility index (Phi) is 5.86. The van der Waals surface area contributed by atoms with Crippen LogP contribution in [0.1, 0.15) is 6.42 Å². The molecule has 3 nitrogen and oxygen atoms in total. The molecule has 0 aliphatic carbocycles. The molecule has 1 aliphatic rings. The van der Waals surface area contributed by atoms with Crippen molar-refractivity contribution >= 4 is 59.9 Å². The number of rotatable bonds is 5. The standard InChI is InChI=1S/C27H23BrClN2OP/c28-33(21-11-4-1-5-12-21,22-13-6-2-7-14-22,23-15-8-3-9-16-23)25-18-20-31(27(25)32)24-17-10-19-30-26(24)29/h1-17,19,25H,18,20H2. The van der Waals surface area contributed by atoms with Crippen LogP contribution in [0.15, 0.2) is 109 Å². The summed E-state index contributed by atoms with van der Waals surface area (Å²) >= 11 is 10.8. The van der Waals surface area contributed by atoms with E-state index in [1.54, 1.807) is 11.1 Å². The summed E-state index contributed by atoms with van der Waals surface area (Å²) in [6.07, 6.45) is 2.35. The number of hydrogen-bond donors (Lipinski definition) is 0. The van der Waals surface area contributed by atoms with Crippen LogP contribution in [-0.2, 0) is 4.79 Å². The van der Waals surface area contributed by atoms with Crippen molar-refractivity contribution in [3.63, 3.8) is 0 Å². The van der Waals surface area contributed by atoms with Crippen molar-refractivity contribution in [1.82, 2.24) is 4.98 Å². The molecule has 1 unspecified atom stereocenters. The topological polar surface area (TPSA) is 33.2 Å². The second-order valence-electron chi connectivity index (χ2n) is 8.19. The van der Waals surface area contributed by atoms with Gasteiger partial charge in [-0.1, -0.05) is 0 Å². The van der Waals surface area contributed by atoms with Crippen LogP contribution in [0.3, 0.4) is 0 Å². The molecule has 6 heteroatoms. The van der Waals surface area contributed by atoms with Crippen LogP contribution < -0.4 is 20.8 Å². The number of benzene rings is 3. The van der Waals surface area contributed by atoms with Crippen LogP contribution in [0, 0.1) is 0 Å². The summed E-state index contributed by atoms with van der Waals surface area (Å²) in [5, 5.41) is 0.346. The van der Waals surface area contributed by atoms with Gasteiger partial charge < -0.3 is 0 Å². The first-order valence-electron chi connectivity index (χ1n) is 10.9. The third kappa shape index (κ3) is 3.35. The van der Waals surface area contributed by atoms with E-state index in [-0.39, 0.29) is 11.6 Å². The number of nitrogens with zero attached hydrogens (tertiary/aromatic N) is 2. The molecule has 1 saturated heterocycles. The molecule has 0 spiro atoms. The van der Waals surface area contributed by atoms with Crippen LogP contribution in [0.4, 0.5) is 5.69 Å². The van der Waals surface area contributed by atoms with E-state index in [0.717, 1.165) is 15.9 Å². The summed E-state index contributed by atoms with van der Waals surface area (Å²) in [5.41, 5.74) is 0.373. The van der Waals surface area contributed by atoms with Gasteiger partial charge in [-0.2, -0.15) is 0 Å². The number of aromatic nitrogens is 1. The van der Waals surface area contributed by atoms with E-state index in [0.29, 0.717) is 23.8 Å². The molecule has 166 valence electrons. The zero-order valence-corrected chi connectivity index (χ0v) is 21.1. The zero-order valence-electron chi connectivity index (χ0n) is 17.9. The maximum atomic E-state index is 14.3. The van der Waals surface area contributed by atoms with Crippen molar-refractivity contribution in [2.75, 3.05) is 11.4 Å². The van der Waals surface area contributed by atoms with E-state index < -0.39 is 5.31 Å². The molecule has 2 heterocycles. The molecule has 1 aliphatic heterocycles. The zero-order chi connectivity index (χ0) is 22.9. The van der Waals surface area contributed by atoms with E-state index in [2.05, 4.69) is 93.3 Å². The fourth-order valence-corrected chi connectivity index (χ4v) is 14.0. The molecule has 1 amide bonds. The van der Waals surface area contributed by atoms with Gasteiger partial charge >= 0.3 is 208 Å². The first-order chi connectivity index (χ1) is 16.1. The fraction of sp³-hybridized carbons (Fsp3) is 0.111. The molecule has 33 heavy (non-hydrogen) atoms. The van der Waals surface area contributed by atoms with Crippen molar-refractivity contribution in [2.24, 2.45) is 0 Å². The number of carbonyl (C=O) groups excluding carboxylic acids is 1. The van der Waals surface area contributed by atoms with Crippen LogP contribution in [0.5, 0.6) is 0 Å². The Morgan fingerprint density at radius 2 is 1.27 bits per heavy atom. The first-order valence-corrected chi connectivity index (χ1v) is 15.6. The fourth-order valence-electron chi connectivity index (χ4n) is 5.08. The second-order valence-corrected chi connectivity index (χ2v) is 17.3. The second kappa shape index (κ2) is 8.68. The minimum absolute atomic E-state index is 0.0657. The number of carbonyl (C=O) groups is 1. The van der Waals surface area contributed by atoms with Gasteiger partial charge in [0, 0.05) is 0 Å². The van der Waals surface area contributed by atoms with E-state index in [1.165, 1.54) is 0 Å². The van der Waals surface area contributed by atoms with Crippen LogP contribution >= 0.6 is 32.4 Å². The molecule has 0 saturated carbocycles. The molecule has 0 bridgehead atoms. The summed E-state index contributed by atoms with van der Waals surface area (Å²) in [5.74, 6) is 0.0657. The molecule has 0 radical (unpaired) electrons. The Morgan fingerprint density at radius 1 is 0.788 bits per heavy atom. The van der Waals surface area contributed by atoms with Crippen molar-refractivity contribution in [3.8, 4) is 0 Å². The normalized spacial score (nSPS) is 17.5. The minimum atomic E-state index is -3.41. The van der Waals surface area contributed by atoms with E-state index >= 15 is 0 Å². The van der Waals surface area contributed by atoms with Gasteiger partial charge in [0.05, 0.1) is 0 Å². The summed E-state index contributed by atoms with van der Waals surface area (Å²) in [7, 11) is 0. The Balaban J connectivity index is 1.81. The van der Waals surface area contributed by atoms with Gasteiger partial charge in [-0.25, -0.2) is 0 Å². The number of anilines is 1. The summed E-state index contributed by atoms with van der Waals surface area (Å²) < 4.78 is 0. The summed E-state index contributed by atoms with van der Waals surface area (Å²) in [6, 6.07) is 35.0. The van der Waals surface area contributed by atoms with Crippen molar-refractivity contribution in [2.45, 2.75) is 12.1 Å². The molecule has 1 fully saturated rings. The van der Waals surface area contributed by atoms with Crippen LogP contribution in [0.2, 0.25) is 5.15 Å². The number of amides is 1. The molecule has 1 aromatic heterocycles. The Hall–Kier alpha value is -2.52. The van der Waals surface area contributed by atoms with Gasteiger partial charge in [0.15, 0.2) is 0 Å². The quantitative estimate of drug-likeness (QED) is 0.242. The van der Waals surface area contributed by atoms with Gasteiger partial charge in [-0.3, -0.25) is 0 Å². The molecule has 0 N–H and O–H groups in total. The van der Waals surface area contributed by atoms with E-state index in [4.69, 9.17) is 11.6 Å². The molecule has 4 aromatic rings. The van der Waals surface area contributed by atoms with Crippen molar-refractivity contribution < 1.29 is 4.79 Å². The Bertz CT molecular complexity index is 1190. The number of halogens is 2. The molecule has 5 rings (SSSR count). The predicted molar refractivity (Wildman–Crippen MR) is 144 cm³/mol. The average molecular weight is 538 g/mol. The van der Waals surface area contributed by atoms with Gasteiger partial charge in [-0.15, -0.1) is 0 Å². The SMILES string of the molecule is O=C1C(P(Br)(c2ccccc2)(c2ccccc2)c2ccccc2)CCN1c1cccnc1Cl. The van der Waals surface area contributed by atoms with E-state index in [1.807, 2.05) is 30.3 Å². The predicted octanol–water partition coefficient (Wildman–Crippen LogP) is 5.68. The molecule has 1 atom stereocenters. The Morgan fingerprint density at radius 3 is 1.73 bits per heavy atom. The van der Waals surface area contributed by atoms with Gasteiger partial charge in [0.2, 0.25) is 0 Å². The number of hydrogen-bond acceptors (Lipinski definition) is 2. The van der Waals surface area contributed by atoms with Gasteiger partial charge in [-0.05, 0) is 0 Å². The summed E-state index contributed by atoms with van der Waals surface area (Å²) in [6.45, 7) is 0.588. The molecular formula is C27H23BrClN2OP. The van der Waals surface area contributed by atoms with Crippen LogP contribution in [0.25, 0.3) is 0 Å². The van der Waals surface area contributed by atoms with Crippen molar-refractivity contribution in [1.29, 1.82) is 0 Å². The molecular weight excluding hydrogens is 515 g/mol. The van der Waals surface area contributed by atoms with Crippen molar-refractivity contribution in [3.05, 3.63) is 114 Å². The summed E-state index contributed by atoms with van der Waals surface area (Å²) in [4.78, 5) is 20.3.